The lowest BCUT2D eigenvalue weighted by atomic mass is 10.0. The monoisotopic (exact) mass is 415 g/mol. The number of morpholine rings is 1. The second kappa shape index (κ2) is 7.23. The van der Waals surface area contributed by atoms with Crippen molar-refractivity contribution in [2.75, 3.05) is 26.3 Å². The van der Waals surface area contributed by atoms with Crippen LogP contribution in [0.5, 0.6) is 11.5 Å². The minimum atomic E-state index is -0.164. The van der Waals surface area contributed by atoms with Gasteiger partial charge in [-0.05, 0) is 35.9 Å². The zero-order valence-electron chi connectivity index (χ0n) is 14.1. The number of fused-ring (bicyclic) bond motifs is 1. The molecular weight excluding hydrogens is 398 g/mol. The molecule has 2 heterocycles. The summed E-state index contributed by atoms with van der Waals surface area (Å²) in [5.41, 5.74) is 2.01. The summed E-state index contributed by atoms with van der Waals surface area (Å²) in [4.78, 5) is 14.9. The van der Waals surface area contributed by atoms with Gasteiger partial charge >= 0.3 is 0 Å². The molecule has 0 amide bonds. The largest absolute Gasteiger partial charge is 0.507 e. The Morgan fingerprint density at radius 2 is 2.00 bits per heavy atom. The average Bonchev–Trinajstić information content (AvgIpc) is 2.95. The molecule has 0 saturated carbocycles. The number of Topliss-reactive ketones (excluding diaryl/α,β-unsaturated/α-hetero) is 1. The highest BCUT2D eigenvalue weighted by Gasteiger charge is 2.31. The average molecular weight is 416 g/mol. The van der Waals surface area contributed by atoms with E-state index in [0.717, 1.165) is 23.1 Å². The van der Waals surface area contributed by atoms with Crippen LogP contribution in [0.4, 0.5) is 0 Å². The maximum Gasteiger partial charge on any atom is 0.231 e. The van der Waals surface area contributed by atoms with Crippen molar-refractivity contribution in [2.45, 2.75) is 6.54 Å². The number of phenols is 1. The van der Waals surface area contributed by atoms with Crippen LogP contribution < -0.4 is 4.74 Å². The van der Waals surface area contributed by atoms with Gasteiger partial charge in [-0.2, -0.15) is 0 Å². The van der Waals surface area contributed by atoms with Crippen molar-refractivity contribution in [2.24, 2.45) is 0 Å². The number of hydrogen-bond donors (Lipinski definition) is 1. The Balaban J connectivity index is 1.66. The van der Waals surface area contributed by atoms with Gasteiger partial charge in [0.05, 0.1) is 24.3 Å². The number of rotatable bonds is 3. The number of benzene rings is 2. The molecule has 1 saturated heterocycles. The first kappa shape index (κ1) is 17.3. The fourth-order valence-corrected chi connectivity index (χ4v) is 3.60. The van der Waals surface area contributed by atoms with Crippen LogP contribution in [0.25, 0.3) is 6.08 Å². The molecule has 0 aliphatic carbocycles. The van der Waals surface area contributed by atoms with E-state index in [1.54, 1.807) is 18.2 Å². The van der Waals surface area contributed by atoms with E-state index in [1.165, 1.54) is 0 Å². The zero-order valence-corrected chi connectivity index (χ0v) is 15.7. The summed E-state index contributed by atoms with van der Waals surface area (Å²) in [5.74, 6) is 0.713. The van der Waals surface area contributed by atoms with Gasteiger partial charge in [0.2, 0.25) is 5.78 Å². The van der Waals surface area contributed by atoms with Crippen LogP contribution in [-0.4, -0.2) is 42.1 Å². The van der Waals surface area contributed by atoms with Gasteiger partial charge in [-0.3, -0.25) is 9.69 Å². The van der Waals surface area contributed by atoms with E-state index in [9.17, 15) is 9.90 Å². The predicted octanol–water partition coefficient (Wildman–Crippen LogP) is 3.60. The van der Waals surface area contributed by atoms with E-state index < -0.39 is 0 Å². The summed E-state index contributed by atoms with van der Waals surface area (Å²) in [6, 6.07) is 10.8. The molecule has 2 aromatic rings. The van der Waals surface area contributed by atoms with Crippen molar-refractivity contribution < 1.29 is 19.4 Å². The lowest BCUT2D eigenvalue weighted by Gasteiger charge is -2.27. The smallest absolute Gasteiger partial charge is 0.231 e. The van der Waals surface area contributed by atoms with E-state index >= 15 is 0 Å². The number of carbonyl (C=O) groups excluding carboxylic acids is 1. The van der Waals surface area contributed by atoms with Crippen molar-refractivity contribution in [3.8, 4) is 11.5 Å². The van der Waals surface area contributed by atoms with Crippen LogP contribution in [0.3, 0.4) is 0 Å². The van der Waals surface area contributed by atoms with Gasteiger partial charge in [-0.25, -0.2) is 0 Å². The number of halogens is 1. The number of allylic oxidation sites excluding steroid dienone is 1. The molecule has 0 radical (unpaired) electrons. The molecule has 6 heteroatoms. The number of carbonyl (C=O) groups is 1. The Labute approximate surface area is 160 Å². The highest BCUT2D eigenvalue weighted by atomic mass is 79.9. The fourth-order valence-electron chi connectivity index (χ4n) is 3.18. The lowest BCUT2D eigenvalue weighted by Crippen LogP contribution is -2.35. The number of hydrogen-bond acceptors (Lipinski definition) is 5. The first-order chi connectivity index (χ1) is 12.6. The Hall–Kier alpha value is -2.15. The van der Waals surface area contributed by atoms with E-state index in [2.05, 4.69) is 20.8 Å². The van der Waals surface area contributed by atoms with Gasteiger partial charge in [-0.15, -0.1) is 0 Å². The standard InChI is InChI=1S/C20H18BrNO4/c21-14-3-1-2-13(10-14)11-18-19(24)15-4-5-17(23)16(20(15)26-18)12-22-6-8-25-9-7-22/h1-5,10-11,23H,6-9,12H2/b18-11-. The third-order valence-corrected chi connectivity index (χ3v) is 5.04. The topological polar surface area (TPSA) is 59.0 Å². The van der Waals surface area contributed by atoms with Gasteiger partial charge in [0.1, 0.15) is 11.5 Å². The van der Waals surface area contributed by atoms with E-state index in [0.29, 0.717) is 36.6 Å². The molecule has 0 spiro atoms. The number of ketones is 1. The zero-order chi connectivity index (χ0) is 18.1. The lowest BCUT2D eigenvalue weighted by molar-refractivity contribution is 0.0336. The number of phenolic OH excluding ortho intramolecular Hbond substituents is 1. The third-order valence-electron chi connectivity index (χ3n) is 4.55. The molecule has 2 aliphatic rings. The Kier molecular flexibility index (Phi) is 4.80. The summed E-state index contributed by atoms with van der Waals surface area (Å²) in [6.45, 7) is 3.44. The Morgan fingerprint density at radius 3 is 2.77 bits per heavy atom. The number of nitrogens with zero attached hydrogens (tertiary/aromatic N) is 1. The van der Waals surface area contributed by atoms with Gasteiger partial charge in [-0.1, -0.05) is 28.1 Å². The Bertz CT molecular complexity index is 887. The first-order valence-electron chi connectivity index (χ1n) is 8.46. The third kappa shape index (κ3) is 3.40. The summed E-state index contributed by atoms with van der Waals surface area (Å²) in [5, 5.41) is 10.3. The van der Waals surface area contributed by atoms with Crippen molar-refractivity contribution >= 4 is 27.8 Å². The van der Waals surface area contributed by atoms with Crippen LogP contribution >= 0.6 is 15.9 Å². The van der Waals surface area contributed by atoms with Crippen molar-refractivity contribution in [1.82, 2.24) is 4.90 Å². The van der Waals surface area contributed by atoms with Crippen LogP contribution in [0.1, 0.15) is 21.5 Å². The molecule has 5 nitrogen and oxygen atoms in total. The first-order valence-corrected chi connectivity index (χ1v) is 9.26. The second-order valence-electron chi connectivity index (χ2n) is 6.32. The minimum absolute atomic E-state index is 0.145. The highest BCUT2D eigenvalue weighted by molar-refractivity contribution is 9.10. The van der Waals surface area contributed by atoms with Crippen LogP contribution in [0, 0.1) is 0 Å². The molecule has 0 unspecified atom stereocenters. The van der Waals surface area contributed by atoms with Crippen LogP contribution in [-0.2, 0) is 11.3 Å². The molecule has 134 valence electrons. The summed E-state index contributed by atoms with van der Waals surface area (Å²) < 4.78 is 12.2. The minimum Gasteiger partial charge on any atom is -0.507 e. The molecule has 2 aromatic carbocycles. The molecular formula is C20H18BrNO4. The fraction of sp³-hybridized carbons (Fsp3) is 0.250. The van der Waals surface area contributed by atoms with Gasteiger partial charge < -0.3 is 14.6 Å². The maximum atomic E-state index is 12.7. The van der Waals surface area contributed by atoms with Crippen molar-refractivity contribution in [3.63, 3.8) is 0 Å². The summed E-state index contributed by atoms with van der Waals surface area (Å²) >= 11 is 3.43. The van der Waals surface area contributed by atoms with Gasteiger partial charge in [0.25, 0.3) is 0 Å². The normalized spacial score (nSPS) is 18.8. The van der Waals surface area contributed by atoms with Crippen molar-refractivity contribution in [3.05, 3.63) is 63.3 Å². The molecule has 1 N–H and O–H groups in total. The molecule has 1 fully saturated rings. The maximum absolute atomic E-state index is 12.7. The van der Waals surface area contributed by atoms with Crippen LogP contribution in [0.2, 0.25) is 0 Å². The SMILES string of the molecule is O=C1/C(=C/c2cccc(Br)c2)Oc2c1ccc(O)c2CN1CCOCC1. The van der Waals surface area contributed by atoms with Crippen molar-refractivity contribution in [1.29, 1.82) is 0 Å². The van der Waals surface area contributed by atoms with Gasteiger partial charge in [0, 0.05) is 24.1 Å². The molecule has 0 bridgehead atoms. The number of aromatic hydroxyl groups is 1. The van der Waals surface area contributed by atoms with Gasteiger partial charge in [0.15, 0.2) is 5.76 Å². The van der Waals surface area contributed by atoms with Crippen LogP contribution in [0.15, 0.2) is 46.6 Å². The molecule has 2 aliphatic heterocycles. The Morgan fingerprint density at radius 1 is 1.19 bits per heavy atom. The molecule has 0 atom stereocenters. The summed E-state index contributed by atoms with van der Waals surface area (Å²) in [7, 11) is 0. The van der Waals surface area contributed by atoms with E-state index in [-0.39, 0.29) is 17.3 Å². The van der Waals surface area contributed by atoms with E-state index in [4.69, 9.17) is 9.47 Å². The highest BCUT2D eigenvalue weighted by Crippen LogP contribution is 2.40. The number of ether oxygens (including phenoxy) is 2. The predicted molar refractivity (Wildman–Crippen MR) is 101 cm³/mol. The molecule has 0 aromatic heterocycles. The second-order valence-corrected chi connectivity index (χ2v) is 7.24. The summed E-state index contributed by atoms with van der Waals surface area (Å²) in [6.07, 6.45) is 1.72. The molecule has 4 rings (SSSR count). The van der Waals surface area contributed by atoms with E-state index in [1.807, 2.05) is 24.3 Å². The quantitative estimate of drug-likeness (QED) is 0.775. The molecule has 26 heavy (non-hydrogen) atoms.